The lowest BCUT2D eigenvalue weighted by Gasteiger charge is -2.19. The number of rotatable bonds is 6. The zero-order valence-electron chi connectivity index (χ0n) is 11.3. The van der Waals surface area contributed by atoms with E-state index in [0.29, 0.717) is 6.61 Å². The third-order valence-electron chi connectivity index (χ3n) is 2.96. The van der Waals surface area contributed by atoms with E-state index in [0.717, 1.165) is 21.5 Å². The maximum atomic E-state index is 9.63. The fourth-order valence-corrected chi connectivity index (χ4v) is 2.39. The van der Waals surface area contributed by atoms with E-state index in [1.807, 2.05) is 55.5 Å². The van der Waals surface area contributed by atoms with Crippen molar-refractivity contribution in [2.75, 3.05) is 18.5 Å². The number of hydrogen-bond acceptors (Lipinski definition) is 3. The van der Waals surface area contributed by atoms with Crippen molar-refractivity contribution in [2.24, 2.45) is 0 Å². The molecule has 0 radical (unpaired) electrons. The molecule has 0 aliphatic carbocycles. The predicted molar refractivity (Wildman–Crippen MR) is 85.2 cm³/mol. The third-order valence-corrected chi connectivity index (χ3v) is 3.65. The minimum Gasteiger partial charge on any atom is -0.494 e. The van der Waals surface area contributed by atoms with Crippen LogP contribution >= 0.6 is 15.9 Å². The highest BCUT2D eigenvalue weighted by atomic mass is 79.9. The van der Waals surface area contributed by atoms with E-state index in [4.69, 9.17) is 4.74 Å². The van der Waals surface area contributed by atoms with Crippen molar-refractivity contribution in [1.82, 2.24) is 0 Å². The Morgan fingerprint density at radius 1 is 1.20 bits per heavy atom. The van der Waals surface area contributed by atoms with Gasteiger partial charge in [-0.05, 0) is 52.7 Å². The average Bonchev–Trinajstić information content (AvgIpc) is 2.47. The van der Waals surface area contributed by atoms with Crippen molar-refractivity contribution in [3.8, 4) is 5.75 Å². The normalized spacial score (nSPS) is 11.9. The van der Waals surface area contributed by atoms with Gasteiger partial charge in [0.2, 0.25) is 0 Å². The molecule has 2 aromatic rings. The molecule has 0 aliphatic rings. The maximum Gasteiger partial charge on any atom is 0.119 e. The Balaban J connectivity index is 2.20. The SMILES string of the molecule is CCOc1cccc(C(CO)Nc2ccccc2Br)c1. The number of para-hydroxylation sites is 1. The third kappa shape index (κ3) is 3.74. The van der Waals surface area contributed by atoms with Crippen LogP contribution in [0.1, 0.15) is 18.5 Å². The summed E-state index contributed by atoms with van der Waals surface area (Å²) in [7, 11) is 0. The first-order valence-corrected chi connectivity index (χ1v) is 7.38. The second-order valence-electron chi connectivity index (χ2n) is 4.36. The summed E-state index contributed by atoms with van der Waals surface area (Å²) in [6, 6.07) is 15.5. The van der Waals surface area contributed by atoms with Crippen LogP contribution in [0.2, 0.25) is 0 Å². The lowest BCUT2D eigenvalue weighted by Crippen LogP contribution is -2.15. The monoisotopic (exact) mass is 335 g/mol. The zero-order valence-corrected chi connectivity index (χ0v) is 12.9. The molecule has 0 fully saturated rings. The topological polar surface area (TPSA) is 41.5 Å². The number of nitrogens with one attached hydrogen (secondary N) is 1. The second-order valence-corrected chi connectivity index (χ2v) is 5.22. The number of aliphatic hydroxyl groups is 1. The standard InChI is InChI=1S/C16H18BrNO2/c1-2-20-13-7-5-6-12(10-13)16(11-19)18-15-9-4-3-8-14(15)17/h3-10,16,18-19H,2,11H2,1H3. The van der Waals surface area contributed by atoms with Gasteiger partial charge >= 0.3 is 0 Å². The van der Waals surface area contributed by atoms with Crippen molar-refractivity contribution < 1.29 is 9.84 Å². The second kappa shape index (κ2) is 7.31. The minimum atomic E-state index is -0.172. The Hall–Kier alpha value is -1.52. The summed E-state index contributed by atoms with van der Waals surface area (Å²) in [5.41, 5.74) is 1.95. The molecule has 0 saturated carbocycles. The molecule has 2 N–H and O–H groups in total. The van der Waals surface area contributed by atoms with Gasteiger partial charge in [0, 0.05) is 10.2 Å². The number of hydrogen-bond donors (Lipinski definition) is 2. The van der Waals surface area contributed by atoms with Gasteiger partial charge in [0.25, 0.3) is 0 Å². The van der Waals surface area contributed by atoms with Crippen LogP contribution < -0.4 is 10.1 Å². The first-order chi connectivity index (χ1) is 9.74. The van der Waals surface area contributed by atoms with Crippen LogP contribution in [-0.4, -0.2) is 18.3 Å². The first-order valence-electron chi connectivity index (χ1n) is 6.59. The van der Waals surface area contributed by atoms with Gasteiger partial charge in [-0.3, -0.25) is 0 Å². The molecule has 20 heavy (non-hydrogen) atoms. The fraction of sp³-hybridized carbons (Fsp3) is 0.250. The summed E-state index contributed by atoms with van der Waals surface area (Å²) in [4.78, 5) is 0. The van der Waals surface area contributed by atoms with Gasteiger partial charge in [0.15, 0.2) is 0 Å². The van der Waals surface area contributed by atoms with E-state index in [-0.39, 0.29) is 12.6 Å². The Kier molecular flexibility index (Phi) is 5.44. The molecule has 0 bridgehead atoms. The average molecular weight is 336 g/mol. The summed E-state index contributed by atoms with van der Waals surface area (Å²) in [5.74, 6) is 0.817. The molecule has 1 atom stereocenters. The van der Waals surface area contributed by atoms with Crippen LogP contribution in [-0.2, 0) is 0 Å². The van der Waals surface area contributed by atoms with E-state index in [1.54, 1.807) is 0 Å². The quantitative estimate of drug-likeness (QED) is 0.838. The highest BCUT2D eigenvalue weighted by molar-refractivity contribution is 9.10. The maximum absolute atomic E-state index is 9.63. The molecular formula is C16H18BrNO2. The summed E-state index contributed by atoms with van der Waals surface area (Å²) >= 11 is 3.50. The molecular weight excluding hydrogens is 318 g/mol. The molecule has 106 valence electrons. The van der Waals surface area contributed by atoms with E-state index in [9.17, 15) is 5.11 Å². The van der Waals surface area contributed by atoms with Crippen molar-refractivity contribution in [1.29, 1.82) is 0 Å². The molecule has 0 spiro atoms. The Labute approximate surface area is 127 Å². The van der Waals surface area contributed by atoms with E-state index in [1.165, 1.54) is 0 Å². The smallest absolute Gasteiger partial charge is 0.119 e. The van der Waals surface area contributed by atoms with Gasteiger partial charge in [0.1, 0.15) is 5.75 Å². The van der Waals surface area contributed by atoms with Gasteiger partial charge < -0.3 is 15.2 Å². The summed E-state index contributed by atoms with van der Waals surface area (Å²) in [6.07, 6.45) is 0. The Bertz CT molecular complexity index is 560. The Morgan fingerprint density at radius 2 is 2.00 bits per heavy atom. The molecule has 0 aromatic heterocycles. The number of benzene rings is 2. The van der Waals surface area contributed by atoms with Crippen molar-refractivity contribution >= 4 is 21.6 Å². The van der Waals surface area contributed by atoms with E-state index >= 15 is 0 Å². The van der Waals surface area contributed by atoms with Gasteiger partial charge in [0.05, 0.1) is 19.3 Å². The van der Waals surface area contributed by atoms with E-state index in [2.05, 4.69) is 21.2 Å². The number of halogens is 1. The highest BCUT2D eigenvalue weighted by Gasteiger charge is 2.12. The predicted octanol–water partition coefficient (Wildman–Crippen LogP) is 3.99. The van der Waals surface area contributed by atoms with E-state index < -0.39 is 0 Å². The van der Waals surface area contributed by atoms with Crippen molar-refractivity contribution in [3.63, 3.8) is 0 Å². The van der Waals surface area contributed by atoms with Gasteiger partial charge in [-0.1, -0.05) is 24.3 Å². The lowest BCUT2D eigenvalue weighted by molar-refractivity contribution is 0.275. The molecule has 0 aliphatic heterocycles. The van der Waals surface area contributed by atoms with Crippen LogP contribution in [0, 0.1) is 0 Å². The molecule has 0 heterocycles. The van der Waals surface area contributed by atoms with Crippen LogP contribution in [0.5, 0.6) is 5.75 Å². The molecule has 4 heteroatoms. The fourth-order valence-electron chi connectivity index (χ4n) is 1.99. The Morgan fingerprint density at radius 3 is 2.70 bits per heavy atom. The number of ether oxygens (including phenoxy) is 1. The molecule has 1 unspecified atom stereocenters. The van der Waals surface area contributed by atoms with Gasteiger partial charge in [-0.15, -0.1) is 0 Å². The molecule has 0 amide bonds. The van der Waals surface area contributed by atoms with Crippen LogP contribution in [0.25, 0.3) is 0 Å². The summed E-state index contributed by atoms with van der Waals surface area (Å²) < 4.78 is 6.47. The molecule has 3 nitrogen and oxygen atoms in total. The van der Waals surface area contributed by atoms with Crippen molar-refractivity contribution in [2.45, 2.75) is 13.0 Å². The highest BCUT2D eigenvalue weighted by Crippen LogP contribution is 2.27. The lowest BCUT2D eigenvalue weighted by atomic mass is 10.1. The summed E-state index contributed by atoms with van der Waals surface area (Å²) in [5, 5.41) is 13.0. The van der Waals surface area contributed by atoms with Crippen LogP contribution in [0.3, 0.4) is 0 Å². The van der Waals surface area contributed by atoms with Crippen molar-refractivity contribution in [3.05, 3.63) is 58.6 Å². The van der Waals surface area contributed by atoms with Crippen LogP contribution in [0.4, 0.5) is 5.69 Å². The molecule has 0 saturated heterocycles. The molecule has 2 aromatic carbocycles. The van der Waals surface area contributed by atoms with Gasteiger partial charge in [-0.25, -0.2) is 0 Å². The zero-order chi connectivity index (χ0) is 14.4. The number of anilines is 1. The van der Waals surface area contributed by atoms with Crippen LogP contribution in [0.15, 0.2) is 53.0 Å². The number of aliphatic hydroxyl groups excluding tert-OH is 1. The first kappa shape index (κ1) is 14.9. The summed E-state index contributed by atoms with van der Waals surface area (Å²) in [6.45, 7) is 2.59. The largest absolute Gasteiger partial charge is 0.494 e. The minimum absolute atomic E-state index is 0.0108. The van der Waals surface area contributed by atoms with Gasteiger partial charge in [-0.2, -0.15) is 0 Å². The molecule has 2 rings (SSSR count).